The van der Waals surface area contributed by atoms with Gasteiger partial charge in [0.05, 0.1) is 18.6 Å². The van der Waals surface area contributed by atoms with E-state index in [0.717, 1.165) is 0 Å². The highest BCUT2D eigenvalue weighted by atomic mass is 16.5. The van der Waals surface area contributed by atoms with E-state index in [4.69, 9.17) is 9.84 Å². The highest BCUT2D eigenvalue weighted by Crippen LogP contribution is 2.46. The number of hydrogen-bond acceptors (Lipinski definition) is 2. The first-order valence-corrected chi connectivity index (χ1v) is 5.05. The van der Waals surface area contributed by atoms with Gasteiger partial charge in [-0.05, 0) is 25.7 Å². The minimum atomic E-state index is -0.718. The maximum atomic E-state index is 10.6. The van der Waals surface area contributed by atoms with Crippen LogP contribution in [0, 0.1) is 17.8 Å². The average Bonchev–Trinajstić information content (AvgIpc) is 2.55. The van der Waals surface area contributed by atoms with E-state index in [0.29, 0.717) is 18.4 Å². The molecule has 14 heavy (non-hydrogen) atoms. The fraction of sp³-hybridized carbons (Fsp3) is 0.727. The van der Waals surface area contributed by atoms with Crippen molar-refractivity contribution in [1.82, 2.24) is 0 Å². The Morgan fingerprint density at radius 1 is 1.57 bits per heavy atom. The molecule has 1 N–H and O–H groups in total. The van der Waals surface area contributed by atoms with Gasteiger partial charge in [-0.1, -0.05) is 12.2 Å². The van der Waals surface area contributed by atoms with Crippen LogP contribution in [0.2, 0.25) is 0 Å². The highest BCUT2D eigenvalue weighted by Gasteiger charge is 2.47. The molecule has 3 atom stereocenters. The highest BCUT2D eigenvalue weighted by molar-refractivity contribution is 5.67. The van der Waals surface area contributed by atoms with E-state index in [1.54, 1.807) is 0 Å². The van der Waals surface area contributed by atoms with Gasteiger partial charge in [-0.15, -0.1) is 0 Å². The molecule has 0 unspecified atom stereocenters. The van der Waals surface area contributed by atoms with Crippen molar-refractivity contribution in [2.75, 3.05) is 6.61 Å². The monoisotopic (exact) mass is 196 g/mol. The van der Waals surface area contributed by atoms with E-state index in [1.165, 1.54) is 0 Å². The number of ether oxygens (including phenoxy) is 1. The Balaban J connectivity index is 2.09. The molecule has 78 valence electrons. The molecule has 3 heteroatoms. The zero-order valence-corrected chi connectivity index (χ0v) is 8.56. The summed E-state index contributed by atoms with van der Waals surface area (Å²) in [6, 6.07) is 0. The summed E-state index contributed by atoms with van der Waals surface area (Å²) in [5, 5.41) is 8.75. The van der Waals surface area contributed by atoms with Gasteiger partial charge in [-0.2, -0.15) is 0 Å². The van der Waals surface area contributed by atoms with Gasteiger partial charge in [0, 0.05) is 5.92 Å². The lowest BCUT2D eigenvalue weighted by atomic mass is 9.81. The normalized spacial score (nSPS) is 38.6. The van der Waals surface area contributed by atoms with Gasteiger partial charge in [-0.25, -0.2) is 0 Å². The van der Waals surface area contributed by atoms with Crippen LogP contribution in [0.3, 0.4) is 0 Å². The third-order valence-corrected chi connectivity index (χ3v) is 3.44. The third kappa shape index (κ3) is 1.46. The largest absolute Gasteiger partial charge is 0.481 e. The standard InChI is InChI=1S/C11H16O3/c1-11(2)9-4-3-7(5-10(12)13)8(9)6-14-11/h3-4,7-9H,5-6H2,1-2H3,(H,12,13)/t7-,8+,9-/m1/s1. The van der Waals surface area contributed by atoms with Crippen molar-refractivity contribution < 1.29 is 14.6 Å². The summed E-state index contributed by atoms with van der Waals surface area (Å²) in [6.45, 7) is 4.85. The molecule has 0 amide bonds. The first-order valence-electron chi connectivity index (χ1n) is 5.05. The summed E-state index contributed by atoms with van der Waals surface area (Å²) in [4.78, 5) is 10.6. The van der Waals surface area contributed by atoms with Gasteiger partial charge in [-0.3, -0.25) is 4.79 Å². The van der Waals surface area contributed by atoms with Gasteiger partial charge in [0.2, 0.25) is 0 Å². The van der Waals surface area contributed by atoms with E-state index in [9.17, 15) is 4.79 Å². The zero-order chi connectivity index (χ0) is 10.3. The number of carboxylic acid groups (broad SMARTS) is 1. The number of rotatable bonds is 2. The van der Waals surface area contributed by atoms with Crippen LogP contribution in [-0.4, -0.2) is 23.3 Å². The maximum Gasteiger partial charge on any atom is 0.303 e. The summed E-state index contributed by atoms with van der Waals surface area (Å²) in [6.07, 6.45) is 4.41. The van der Waals surface area contributed by atoms with Crippen molar-refractivity contribution >= 4 is 5.97 Å². The van der Waals surface area contributed by atoms with Crippen LogP contribution in [0.5, 0.6) is 0 Å². The van der Waals surface area contributed by atoms with E-state index < -0.39 is 5.97 Å². The lowest BCUT2D eigenvalue weighted by molar-refractivity contribution is -0.138. The first kappa shape index (κ1) is 9.71. The fourth-order valence-electron chi connectivity index (χ4n) is 2.62. The second-order valence-corrected chi connectivity index (χ2v) is 4.75. The quantitative estimate of drug-likeness (QED) is 0.683. The summed E-state index contributed by atoms with van der Waals surface area (Å²) in [5.41, 5.74) is -0.117. The van der Waals surface area contributed by atoms with Gasteiger partial charge >= 0.3 is 5.97 Å². The molecule has 0 saturated carbocycles. The third-order valence-electron chi connectivity index (χ3n) is 3.44. The van der Waals surface area contributed by atoms with Crippen LogP contribution in [-0.2, 0) is 9.53 Å². The Morgan fingerprint density at radius 3 is 2.93 bits per heavy atom. The topological polar surface area (TPSA) is 46.5 Å². The number of fused-ring (bicyclic) bond motifs is 1. The fourth-order valence-corrected chi connectivity index (χ4v) is 2.62. The second kappa shape index (κ2) is 3.09. The van der Waals surface area contributed by atoms with Crippen LogP contribution in [0.25, 0.3) is 0 Å². The van der Waals surface area contributed by atoms with Crippen LogP contribution in [0.4, 0.5) is 0 Å². The summed E-state index contributed by atoms with van der Waals surface area (Å²) < 4.78 is 5.67. The van der Waals surface area contributed by atoms with Gasteiger partial charge in [0.1, 0.15) is 0 Å². The van der Waals surface area contributed by atoms with Crippen molar-refractivity contribution in [1.29, 1.82) is 0 Å². The molecule has 0 aromatic carbocycles. The molecule has 2 aliphatic rings. The zero-order valence-electron chi connectivity index (χ0n) is 8.56. The molecular formula is C11H16O3. The number of aliphatic carboxylic acids is 1. The van der Waals surface area contributed by atoms with Crippen molar-refractivity contribution in [2.45, 2.75) is 25.9 Å². The van der Waals surface area contributed by atoms with Crippen LogP contribution in [0.1, 0.15) is 20.3 Å². The Hall–Kier alpha value is -0.830. The van der Waals surface area contributed by atoms with Crippen LogP contribution in [0.15, 0.2) is 12.2 Å². The van der Waals surface area contributed by atoms with E-state index in [1.807, 2.05) is 6.08 Å². The minimum Gasteiger partial charge on any atom is -0.481 e. The van der Waals surface area contributed by atoms with E-state index in [-0.39, 0.29) is 17.9 Å². The van der Waals surface area contributed by atoms with Crippen LogP contribution >= 0.6 is 0 Å². The molecule has 1 saturated heterocycles. The lowest BCUT2D eigenvalue weighted by Gasteiger charge is -2.23. The lowest BCUT2D eigenvalue weighted by Crippen LogP contribution is -2.28. The van der Waals surface area contributed by atoms with Crippen LogP contribution < -0.4 is 0 Å². The molecule has 0 aromatic rings. The molecule has 0 radical (unpaired) electrons. The van der Waals surface area contributed by atoms with Crippen molar-refractivity contribution in [3.8, 4) is 0 Å². The maximum absolute atomic E-state index is 10.6. The predicted octanol–water partition coefficient (Wildman–Crippen LogP) is 1.69. The van der Waals surface area contributed by atoms with Crippen molar-refractivity contribution in [3.63, 3.8) is 0 Å². The van der Waals surface area contributed by atoms with Crippen molar-refractivity contribution in [2.24, 2.45) is 17.8 Å². The summed E-state index contributed by atoms with van der Waals surface area (Å²) in [7, 11) is 0. The summed E-state index contributed by atoms with van der Waals surface area (Å²) in [5.74, 6) is 0.220. The van der Waals surface area contributed by atoms with Gasteiger partial charge in [0.15, 0.2) is 0 Å². The molecule has 2 rings (SSSR count). The molecule has 1 heterocycles. The second-order valence-electron chi connectivity index (χ2n) is 4.75. The Morgan fingerprint density at radius 2 is 2.29 bits per heavy atom. The first-order chi connectivity index (χ1) is 6.50. The number of carboxylic acids is 1. The van der Waals surface area contributed by atoms with Gasteiger partial charge in [0.25, 0.3) is 0 Å². The molecule has 1 aliphatic heterocycles. The predicted molar refractivity (Wildman–Crippen MR) is 51.9 cm³/mol. The van der Waals surface area contributed by atoms with Crippen molar-refractivity contribution in [3.05, 3.63) is 12.2 Å². The number of hydrogen-bond donors (Lipinski definition) is 1. The number of allylic oxidation sites excluding steroid dienone is 1. The number of carbonyl (C=O) groups is 1. The average molecular weight is 196 g/mol. The molecule has 0 aromatic heterocycles. The molecule has 0 spiro atoms. The molecule has 0 bridgehead atoms. The summed E-state index contributed by atoms with van der Waals surface area (Å²) >= 11 is 0. The Labute approximate surface area is 83.8 Å². The molecule has 1 fully saturated rings. The minimum absolute atomic E-state index is 0.117. The molecule has 1 aliphatic carbocycles. The Bertz CT molecular complexity index is 280. The van der Waals surface area contributed by atoms with E-state index >= 15 is 0 Å². The molecular weight excluding hydrogens is 180 g/mol. The SMILES string of the molecule is CC1(C)OC[C@H]2[C@@H](CC(=O)O)C=C[C@H]21. The van der Waals surface area contributed by atoms with E-state index in [2.05, 4.69) is 19.9 Å². The van der Waals surface area contributed by atoms with Gasteiger partial charge < -0.3 is 9.84 Å². The smallest absolute Gasteiger partial charge is 0.303 e. The molecule has 3 nitrogen and oxygen atoms in total. The Kier molecular flexibility index (Phi) is 2.14.